The largest absolute Gasteiger partial charge is 0.467 e. The molecule has 0 saturated heterocycles. The number of halogens is 2. The molecule has 1 aromatic carbocycles. The third-order valence-electron chi connectivity index (χ3n) is 2.59. The molecule has 18 heavy (non-hydrogen) atoms. The van der Waals surface area contributed by atoms with Gasteiger partial charge in [0.1, 0.15) is 11.9 Å². The van der Waals surface area contributed by atoms with Crippen LogP contribution < -0.4 is 5.32 Å². The minimum atomic E-state index is -0.451. The molecule has 0 aliphatic carbocycles. The lowest BCUT2D eigenvalue weighted by Crippen LogP contribution is -2.30. The van der Waals surface area contributed by atoms with Crippen molar-refractivity contribution in [2.45, 2.75) is 32.2 Å². The van der Waals surface area contributed by atoms with E-state index in [0.717, 1.165) is 12.8 Å². The van der Waals surface area contributed by atoms with E-state index in [4.69, 9.17) is 4.74 Å². The maximum atomic E-state index is 13.2. The zero-order chi connectivity index (χ0) is 13.5. The van der Waals surface area contributed by atoms with E-state index < -0.39 is 6.04 Å². The van der Waals surface area contributed by atoms with E-state index in [9.17, 15) is 9.18 Å². The molecule has 0 fully saturated rings. The van der Waals surface area contributed by atoms with Crippen LogP contribution in [0.25, 0.3) is 0 Å². The Bertz CT molecular complexity index is 412. The molecule has 1 atom stereocenters. The molecule has 0 aromatic heterocycles. The number of anilines is 1. The van der Waals surface area contributed by atoms with Gasteiger partial charge in [0.2, 0.25) is 0 Å². The fraction of sp³-hybridized carbons (Fsp3) is 0.462. The topological polar surface area (TPSA) is 38.3 Å². The molecule has 1 N–H and O–H groups in total. The molecule has 100 valence electrons. The van der Waals surface area contributed by atoms with E-state index in [1.54, 1.807) is 6.07 Å². The number of esters is 1. The SMILES string of the molecule is CCCCC(Nc1cc(F)ccc1Br)C(=O)OC. The van der Waals surface area contributed by atoms with Crippen LogP contribution in [-0.2, 0) is 9.53 Å². The minimum Gasteiger partial charge on any atom is -0.467 e. The first kappa shape index (κ1) is 15.0. The lowest BCUT2D eigenvalue weighted by molar-refractivity contribution is -0.141. The number of hydrogen-bond donors (Lipinski definition) is 1. The molecule has 0 amide bonds. The Morgan fingerprint density at radius 1 is 1.56 bits per heavy atom. The van der Waals surface area contributed by atoms with Crippen molar-refractivity contribution < 1.29 is 13.9 Å². The van der Waals surface area contributed by atoms with Gasteiger partial charge in [-0.3, -0.25) is 0 Å². The number of methoxy groups -OCH3 is 1. The monoisotopic (exact) mass is 317 g/mol. The van der Waals surface area contributed by atoms with Crippen LogP contribution in [0.1, 0.15) is 26.2 Å². The molecule has 0 bridgehead atoms. The summed E-state index contributed by atoms with van der Waals surface area (Å²) in [5.74, 6) is -0.681. The number of ether oxygens (including phenoxy) is 1. The van der Waals surface area contributed by atoms with Gasteiger partial charge in [-0.15, -0.1) is 0 Å². The first-order valence-corrected chi connectivity index (χ1v) is 6.67. The van der Waals surface area contributed by atoms with Gasteiger partial charge in [0.25, 0.3) is 0 Å². The maximum absolute atomic E-state index is 13.2. The van der Waals surface area contributed by atoms with Gasteiger partial charge in [-0.1, -0.05) is 19.8 Å². The minimum absolute atomic E-state index is 0.334. The fourth-order valence-corrected chi connectivity index (χ4v) is 1.96. The van der Waals surface area contributed by atoms with E-state index >= 15 is 0 Å². The second kappa shape index (κ2) is 7.36. The van der Waals surface area contributed by atoms with Crippen molar-refractivity contribution in [2.75, 3.05) is 12.4 Å². The van der Waals surface area contributed by atoms with Crippen LogP contribution in [0.5, 0.6) is 0 Å². The van der Waals surface area contributed by atoms with Crippen LogP contribution in [0.3, 0.4) is 0 Å². The molecule has 0 spiro atoms. The maximum Gasteiger partial charge on any atom is 0.328 e. The molecular formula is C13H17BrFNO2. The van der Waals surface area contributed by atoms with Crippen LogP contribution in [0.15, 0.2) is 22.7 Å². The highest BCUT2D eigenvalue weighted by Crippen LogP contribution is 2.24. The Morgan fingerprint density at radius 3 is 2.89 bits per heavy atom. The quantitative estimate of drug-likeness (QED) is 0.812. The van der Waals surface area contributed by atoms with Crippen LogP contribution in [0.2, 0.25) is 0 Å². The zero-order valence-electron chi connectivity index (χ0n) is 10.5. The highest BCUT2D eigenvalue weighted by molar-refractivity contribution is 9.10. The standard InChI is InChI=1S/C13H17BrFNO2/c1-3-4-5-11(13(17)18-2)16-12-8-9(15)6-7-10(12)14/h6-8,11,16H,3-5H2,1-2H3. The lowest BCUT2D eigenvalue weighted by atomic mass is 10.1. The first-order chi connectivity index (χ1) is 8.58. The summed E-state index contributed by atoms with van der Waals surface area (Å²) in [5, 5.41) is 3.01. The summed E-state index contributed by atoms with van der Waals surface area (Å²) in [6.07, 6.45) is 2.55. The first-order valence-electron chi connectivity index (χ1n) is 5.88. The number of carbonyl (C=O) groups is 1. The van der Waals surface area contributed by atoms with Gasteiger partial charge in [-0.25, -0.2) is 9.18 Å². The van der Waals surface area contributed by atoms with Gasteiger partial charge in [-0.05, 0) is 40.5 Å². The van der Waals surface area contributed by atoms with Crippen molar-refractivity contribution in [3.05, 3.63) is 28.5 Å². The normalized spacial score (nSPS) is 12.0. The number of benzene rings is 1. The van der Waals surface area contributed by atoms with Crippen molar-refractivity contribution in [1.82, 2.24) is 0 Å². The Morgan fingerprint density at radius 2 is 2.28 bits per heavy atom. The van der Waals surface area contributed by atoms with E-state index in [1.807, 2.05) is 6.92 Å². The third kappa shape index (κ3) is 4.29. The molecule has 5 heteroatoms. The summed E-state index contributed by atoms with van der Waals surface area (Å²) >= 11 is 3.32. The van der Waals surface area contributed by atoms with Crippen LogP contribution >= 0.6 is 15.9 Å². The van der Waals surface area contributed by atoms with E-state index in [1.165, 1.54) is 19.2 Å². The third-order valence-corrected chi connectivity index (χ3v) is 3.28. The van der Waals surface area contributed by atoms with E-state index in [2.05, 4.69) is 21.2 Å². The Balaban J connectivity index is 2.81. The second-order valence-electron chi connectivity index (χ2n) is 3.99. The smallest absolute Gasteiger partial charge is 0.328 e. The van der Waals surface area contributed by atoms with Gasteiger partial charge in [0, 0.05) is 4.47 Å². The lowest BCUT2D eigenvalue weighted by Gasteiger charge is -2.18. The van der Waals surface area contributed by atoms with Gasteiger partial charge >= 0.3 is 5.97 Å². The van der Waals surface area contributed by atoms with E-state index in [0.29, 0.717) is 16.6 Å². The summed E-state index contributed by atoms with van der Waals surface area (Å²) in [4.78, 5) is 11.6. The zero-order valence-corrected chi connectivity index (χ0v) is 12.1. The summed E-state index contributed by atoms with van der Waals surface area (Å²) in [7, 11) is 1.35. The Kier molecular flexibility index (Phi) is 6.12. The number of hydrogen-bond acceptors (Lipinski definition) is 3. The van der Waals surface area contributed by atoms with Crippen molar-refractivity contribution in [2.24, 2.45) is 0 Å². The highest BCUT2D eigenvalue weighted by atomic mass is 79.9. The number of unbranched alkanes of at least 4 members (excludes halogenated alkanes) is 1. The number of rotatable bonds is 6. The predicted molar refractivity (Wildman–Crippen MR) is 73.1 cm³/mol. The molecule has 0 aliphatic rings. The summed E-state index contributed by atoms with van der Waals surface area (Å²) in [6.45, 7) is 2.05. The second-order valence-corrected chi connectivity index (χ2v) is 4.84. The number of nitrogens with one attached hydrogen (secondary N) is 1. The van der Waals surface area contributed by atoms with Gasteiger partial charge < -0.3 is 10.1 Å². The molecule has 1 rings (SSSR count). The van der Waals surface area contributed by atoms with E-state index in [-0.39, 0.29) is 11.8 Å². The average molecular weight is 318 g/mol. The van der Waals surface area contributed by atoms with Crippen LogP contribution in [-0.4, -0.2) is 19.1 Å². The Hall–Kier alpha value is -1.10. The van der Waals surface area contributed by atoms with Crippen molar-refractivity contribution in [3.63, 3.8) is 0 Å². The molecule has 1 aromatic rings. The van der Waals surface area contributed by atoms with Crippen molar-refractivity contribution in [1.29, 1.82) is 0 Å². The summed E-state index contributed by atoms with van der Waals surface area (Å²) < 4.78 is 18.6. The van der Waals surface area contributed by atoms with Crippen LogP contribution in [0.4, 0.5) is 10.1 Å². The van der Waals surface area contributed by atoms with Gasteiger partial charge in [0.05, 0.1) is 12.8 Å². The molecule has 3 nitrogen and oxygen atoms in total. The van der Waals surface area contributed by atoms with Crippen molar-refractivity contribution in [3.8, 4) is 0 Å². The highest BCUT2D eigenvalue weighted by Gasteiger charge is 2.19. The summed E-state index contributed by atoms with van der Waals surface area (Å²) in [5.41, 5.74) is 0.557. The van der Waals surface area contributed by atoms with Crippen molar-refractivity contribution >= 4 is 27.6 Å². The van der Waals surface area contributed by atoms with Gasteiger partial charge in [-0.2, -0.15) is 0 Å². The molecular weight excluding hydrogens is 301 g/mol. The average Bonchev–Trinajstić information content (AvgIpc) is 2.37. The number of carbonyl (C=O) groups excluding carboxylic acids is 1. The summed E-state index contributed by atoms with van der Waals surface area (Å²) in [6, 6.07) is 3.86. The molecule has 0 radical (unpaired) electrons. The molecule has 1 unspecified atom stereocenters. The molecule has 0 heterocycles. The predicted octanol–water partition coefficient (Wildman–Crippen LogP) is 3.73. The van der Waals surface area contributed by atoms with Gasteiger partial charge in [0.15, 0.2) is 0 Å². The fourth-order valence-electron chi connectivity index (χ4n) is 1.60. The Labute approximate surface area is 115 Å². The molecule has 0 aliphatic heterocycles. The van der Waals surface area contributed by atoms with Crippen LogP contribution in [0, 0.1) is 5.82 Å². The molecule has 0 saturated carbocycles.